The van der Waals surface area contributed by atoms with Crippen LogP contribution in [0.2, 0.25) is 0 Å². The van der Waals surface area contributed by atoms with Crippen molar-refractivity contribution in [2.75, 3.05) is 19.8 Å². The molecule has 0 saturated carbocycles. The predicted molar refractivity (Wildman–Crippen MR) is 76.8 cm³/mol. The maximum Gasteiger partial charge on any atom is 0.328 e. The number of carbonyl (C=O) groups excluding carboxylic acids is 1. The Morgan fingerprint density at radius 3 is 2.87 bits per heavy atom. The number of aromatic nitrogens is 2. The highest BCUT2D eigenvalue weighted by molar-refractivity contribution is 5.97. The van der Waals surface area contributed by atoms with E-state index in [4.69, 9.17) is 9.84 Å². The smallest absolute Gasteiger partial charge is 0.328 e. The molecule has 1 aromatic carbocycles. The van der Waals surface area contributed by atoms with Crippen molar-refractivity contribution < 1.29 is 23.8 Å². The van der Waals surface area contributed by atoms with E-state index in [0.717, 1.165) is 6.07 Å². The first kappa shape index (κ1) is 15.2. The number of amides is 1. The first-order chi connectivity index (χ1) is 11.1. The van der Waals surface area contributed by atoms with Crippen LogP contribution in [0.5, 0.6) is 0 Å². The number of halogens is 1. The maximum absolute atomic E-state index is 14.2. The minimum absolute atomic E-state index is 0.0745. The SMILES string of the molecule is O=C(O)C1COCCN1C(=O)c1ccc(-n2cccn2)c(F)c1. The van der Waals surface area contributed by atoms with Crippen molar-refractivity contribution in [1.29, 1.82) is 0 Å². The van der Waals surface area contributed by atoms with Crippen LogP contribution in [0.3, 0.4) is 0 Å². The number of morpholine rings is 1. The Labute approximate surface area is 130 Å². The van der Waals surface area contributed by atoms with Crippen molar-refractivity contribution in [2.24, 2.45) is 0 Å². The summed E-state index contributed by atoms with van der Waals surface area (Å²) in [7, 11) is 0. The second-order valence-corrected chi connectivity index (χ2v) is 5.04. The van der Waals surface area contributed by atoms with Gasteiger partial charge >= 0.3 is 5.97 Å². The molecule has 23 heavy (non-hydrogen) atoms. The molecule has 1 fully saturated rings. The molecule has 0 aliphatic carbocycles. The Balaban J connectivity index is 1.87. The molecule has 2 aromatic rings. The number of aliphatic carboxylic acids is 1. The number of benzene rings is 1. The summed E-state index contributed by atoms with van der Waals surface area (Å²) in [4.78, 5) is 24.9. The summed E-state index contributed by atoms with van der Waals surface area (Å²) in [6, 6.07) is 4.57. The standard InChI is InChI=1S/C15H14FN3O4/c16-11-8-10(2-3-12(11)19-5-1-4-17-19)14(20)18-6-7-23-9-13(18)15(21)22/h1-5,8,13H,6-7,9H2,(H,21,22). The molecule has 0 bridgehead atoms. The van der Waals surface area contributed by atoms with Crippen LogP contribution in [0.15, 0.2) is 36.7 Å². The fourth-order valence-corrected chi connectivity index (χ4v) is 2.45. The average molecular weight is 319 g/mol. The molecule has 2 heterocycles. The van der Waals surface area contributed by atoms with Gasteiger partial charge in [0.15, 0.2) is 6.04 Å². The molecule has 1 N–H and O–H groups in total. The third-order valence-electron chi connectivity index (χ3n) is 3.62. The first-order valence-electron chi connectivity index (χ1n) is 6.99. The number of carboxylic acid groups (broad SMARTS) is 1. The number of hydrogen-bond acceptors (Lipinski definition) is 4. The topological polar surface area (TPSA) is 84.7 Å². The van der Waals surface area contributed by atoms with Crippen molar-refractivity contribution in [1.82, 2.24) is 14.7 Å². The van der Waals surface area contributed by atoms with E-state index in [1.807, 2.05) is 0 Å². The third kappa shape index (κ3) is 2.93. The molecule has 120 valence electrons. The number of nitrogens with zero attached hydrogens (tertiary/aromatic N) is 3. The number of rotatable bonds is 3. The van der Waals surface area contributed by atoms with Crippen LogP contribution in [0.1, 0.15) is 10.4 Å². The Morgan fingerprint density at radius 1 is 1.39 bits per heavy atom. The number of ether oxygens (including phenoxy) is 1. The second kappa shape index (κ2) is 6.17. The summed E-state index contributed by atoms with van der Waals surface area (Å²) < 4.78 is 20.7. The summed E-state index contributed by atoms with van der Waals surface area (Å²) >= 11 is 0. The van der Waals surface area contributed by atoms with Crippen molar-refractivity contribution >= 4 is 11.9 Å². The molecule has 1 aliphatic heterocycles. The van der Waals surface area contributed by atoms with Gasteiger partial charge in [0.05, 0.1) is 13.2 Å². The van der Waals surface area contributed by atoms with Crippen LogP contribution in [0.4, 0.5) is 4.39 Å². The van der Waals surface area contributed by atoms with Gasteiger partial charge in [-0.3, -0.25) is 4.79 Å². The normalized spacial score (nSPS) is 18.0. The molecule has 1 amide bonds. The van der Waals surface area contributed by atoms with Gasteiger partial charge < -0.3 is 14.7 Å². The zero-order valence-corrected chi connectivity index (χ0v) is 12.1. The molecule has 1 aromatic heterocycles. The lowest BCUT2D eigenvalue weighted by molar-refractivity contribution is -0.147. The van der Waals surface area contributed by atoms with Gasteiger partial charge in [0.1, 0.15) is 11.5 Å². The Hall–Kier alpha value is -2.74. The fourth-order valence-electron chi connectivity index (χ4n) is 2.45. The van der Waals surface area contributed by atoms with Gasteiger partial charge in [-0.2, -0.15) is 5.10 Å². The third-order valence-corrected chi connectivity index (χ3v) is 3.62. The van der Waals surface area contributed by atoms with Crippen LogP contribution < -0.4 is 0 Å². The molecule has 1 unspecified atom stereocenters. The van der Waals surface area contributed by atoms with Crippen molar-refractivity contribution in [3.63, 3.8) is 0 Å². The monoisotopic (exact) mass is 319 g/mol. The molecule has 0 radical (unpaired) electrons. The second-order valence-electron chi connectivity index (χ2n) is 5.04. The average Bonchev–Trinajstić information content (AvgIpc) is 3.08. The zero-order chi connectivity index (χ0) is 16.4. The fraction of sp³-hybridized carbons (Fsp3) is 0.267. The van der Waals surface area contributed by atoms with E-state index in [9.17, 15) is 14.0 Å². The van der Waals surface area contributed by atoms with E-state index < -0.39 is 23.7 Å². The summed E-state index contributed by atoms with van der Waals surface area (Å²) in [5.74, 6) is -2.29. The Bertz CT molecular complexity index is 732. The van der Waals surface area contributed by atoms with Gasteiger partial charge in [-0.25, -0.2) is 13.9 Å². The molecule has 1 atom stereocenters. The first-order valence-corrected chi connectivity index (χ1v) is 6.99. The van der Waals surface area contributed by atoms with Crippen molar-refractivity contribution in [2.45, 2.75) is 6.04 Å². The van der Waals surface area contributed by atoms with E-state index in [-0.39, 0.29) is 31.0 Å². The lowest BCUT2D eigenvalue weighted by Crippen LogP contribution is -2.52. The van der Waals surface area contributed by atoms with Crippen LogP contribution in [0.25, 0.3) is 5.69 Å². The molecule has 1 aliphatic rings. The van der Waals surface area contributed by atoms with Gasteiger partial charge in [-0.05, 0) is 24.3 Å². The van der Waals surface area contributed by atoms with Crippen molar-refractivity contribution in [3.8, 4) is 5.69 Å². The van der Waals surface area contributed by atoms with Gasteiger partial charge in [-0.1, -0.05) is 0 Å². The highest BCUT2D eigenvalue weighted by Gasteiger charge is 2.33. The van der Waals surface area contributed by atoms with Gasteiger partial charge in [0.2, 0.25) is 0 Å². The summed E-state index contributed by atoms with van der Waals surface area (Å²) in [5, 5.41) is 13.1. The Morgan fingerprint density at radius 2 is 2.22 bits per heavy atom. The summed E-state index contributed by atoms with van der Waals surface area (Å²) in [6.45, 7) is 0.330. The highest BCUT2D eigenvalue weighted by atomic mass is 19.1. The quantitative estimate of drug-likeness (QED) is 0.910. The molecule has 7 nitrogen and oxygen atoms in total. The zero-order valence-electron chi connectivity index (χ0n) is 12.1. The minimum Gasteiger partial charge on any atom is -0.480 e. The van der Waals surface area contributed by atoms with E-state index in [1.165, 1.54) is 27.9 Å². The van der Waals surface area contributed by atoms with Crippen molar-refractivity contribution in [3.05, 3.63) is 48.0 Å². The van der Waals surface area contributed by atoms with Gasteiger partial charge in [0.25, 0.3) is 5.91 Å². The van der Waals surface area contributed by atoms with E-state index >= 15 is 0 Å². The lowest BCUT2D eigenvalue weighted by Gasteiger charge is -2.32. The van der Waals surface area contributed by atoms with E-state index in [2.05, 4.69) is 5.10 Å². The summed E-state index contributed by atoms with van der Waals surface area (Å²) in [5.41, 5.74) is 0.301. The van der Waals surface area contributed by atoms with Crippen LogP contribution in [-0.2, 0) is 9.53 Å². The minimum atomic E-state index is -1.15. The summed E-state index contributed by atoms with van der Waals surface area (Å²) in [6.07, 6.45) is 3.10. The molecule has 0 spiro atoms. The highest BCUT2D eigenvalue weighted by Crippen LogP contribution is 2.18. The van der Waals surface area contributed by atoms with Crippen LogP contribution >= 0.6 is 0 Å². The van der Waals surface area contributed by atoms with Gasteiger partial charge in [-0.15, -0.1) is 0 Å². The molecular weight excluding hydrogens is 305 g/mol. The predicted octanol–water partition coefficient (Wildman–Crippen LogP) is 0.937. The lowest BCUT2D eigenvalue weighted by atomic mass is 10.1. The molecule has 8 heteroatoms. The maximum atomic E-state index is 14.2. The number of hydrogen-bond donors (Lipinski definition) is 1. The van der Waals surface area contributed by atoms with Gasteiger partial charge in [0, 0.05) is 24.5 Å². The molecule has 3 rings (SSSR count). The Kier molecular flexibility index (Phi) is 4.07. The number of carbonyl (C=O) groups is 2. The van der Waals surface area contributed by atoms with E-state index in [0.29, 0.717) is 0 Å². The van der Waals surface area contributed by atoms with Crippen LogP contribution in [0, 0.1) is 5.82 Å². The largest absolute Gasteiger partial charge is 0.480 e. The molecular formula is C15H14FN3O4. The number of carboxylic acids is 1. The van der Waals surface area contributed by atoms with E-state index in [1.54, 1.807) is 12.3 Å². The molecule has 1 saturated heterocycles. The van der Waals surface area contributed by atoms with Crippen LogP contribution in [-0.4, -0.2) is 57.5 Å².